The summed E-state index contributed by atoms with van der Waals surface area (Å²) in [7, 11) is 1.53. The van der Waals surface area contributed by atoms with E-state index >= 15 is 0 Å². The molecule has 0 saturated heterocycles. The minimum absolute atomic E-state index is 0.00431. The van der Waals surface area contributed by atoms with Crippen LogP contribution in [0.4, 0.5) is 0 Å². The van der Waals surface area contributed by atoms with Crippen molar-refractivity contribution in [2.24, 2.45) is 5.92 Å². The molecule has 104 valence electrons. The molecule has 0 spiro atoms. The van der Waals surface area contributed by atoms with Crippen molar-refractivity contribution in [3.05, 3.63) is 34.9 Å². The molecule has 1 aromatic rings. The predicted octanol–water partition coefficient (Wildman–Crippen LogP) is 1.86. The van der Waals surface area contributed by atoms with Crippen LogP contribution in [0.1, 0.15) is 36.6 Å². The molecule has 0 aliphatic carbocycles. The lowest BCUT2D eigenvalue weighted by atomic mass is 9.96. The smallest absolute Gasteiger partial charge is 0.249 e. The average Bonchev–Trinajstić information content (AvgIpc) is 2.80. The van der Waals surface area contributed by atoms with E-state index in [-0.39, 0.29) is 18.4 Å². The topological polar surface area (TPSA) is 49.8 Å². The second-order valence-electron chi connectivity index (χ2n) is 5.40. The first kappa shape index (κ1) is 14.0. The molecular weight excluding hydrogens is 242 g/mol. The molecule has 1 atom stereocenters. The Kier molecular flexibility index (Phi) is 4.22. The van der Waals surface area contributed by atoms with Gasteiger partial charge >= 0.3 is 0 Å². The van der Waals surface area contributed by atoms with Crippen LogP contribution in [0.25, 0.3) is 0 Å². The van der Waals surface area contributed by atoms with Crippen molar-refractivity contribution >= 4 is 5.91 Å². The number of aliphatic hydroxyl groups excluding tert-OH is 1. The number of carbonyl (C=O) groups excluding carboxylic acids is 1. The van der Waals surface area contributed by atoms with Gasteiger partial charge in [0.05, 0.1) is 6.10 Å². The van der Waals surface area contributed by atoms with Gasteiger partial charge in [-0.1, -0.05) is 32.0 Å². The predicted molar refractivity (Wildman–Crippen MR) is 72.4 cm³/mol. The molecule has 1 aromatic carbocycles. The van der Waals surface area contributed by atoms with Crippen LogP contribution >= 0.6 is 0 Å². The SMILES string of the molecule is COCC(=O)N1Cc2ccc(C(O)C(C)C)cc2C1. The first-order valence-corrected chi connectivity index (χ1v) is 6.59. The highest BCUT2D eigenvalue weighted by atomic mass is 16.5. The van der Waals surface area contributed by atoms with E-state index in [2.05, 4.69) is 0 Å². The highest BCUT2D eigenvalue weighted by molar-refractivity contribution is 5.78. The fraction of sp³-hybridized carbons (Fsp3) is 0.533. The lowest BCUT2D eigenvalue weighted by Crippen LogP contribution is -2.28. The maximum atomic E-state index is 11.8. The Morgan fingerprint density at radius 2 is 2.05 bits per heavy atom. The lowest BCUT2D eigenvalue weighted by Gasteiger charge is -2.15. The summed E-state index contributed by atoms with van der Waals surface area (Å²) in [6.45, 7) is 5.35. The van der Waals surface area contributed by atoms with Gasteiger partial charge in [0.1, 0.15) is 6.61 Å². The third kappa shape index (κ3) is 2.96. The van der Waals surface area contributed by atoms with Crippen molar-refractivity contribution in [2.45, 2.75) is 33.0 Å². The third-order valence-electron chi connectivity index (χ3n) is 3.55. The van der Waals surface area contributed by atoms with Crippen LogP contribution in [0.5, 0.6) is 0 Å². The number of ether oxygens (including phenoxy) is 1. The van der Waals surface area contributed by atoms with Crippen LogP contribution in [-0.4, -0.2) is 29.6 Å². The maximum Gasteiger partial charge on any atom is 0.249 e. The number of hydrogen-bond acceptors (Lipinski definition) is 3. The zero-order valence-electron chi connectivity index (χ0n) is 11.7. The van der Waals surface area contributed by atoms with Gasteiger partial charge < -0.3 is 14.7 Å². The number of carbonyl (C=O) groups is 1. The summed E-state index contributed by atoms with van der Waals surface area (Å²) >= 11 is 0. The van der Waals surface area contributed by atoms with Gasteiger partial charge in [-0.25, -0.2) is 0 Å². The van der Waals surface area contributed by atoms with E-state index in [0.717, 1.165) is 16.7 Å². The monoisotopic (exact) mass is 263 g/mol. The molecule has 1 aliphatic heterocycles. The largest absolute Gasteiger partial charge is 0.388 e. The molecule has 19 heavy (non-hydrogen) atoms. The summed E-state index contributed by atoms with van der Waals surface area (Å²) < 4.78 is 4.88. The van der Waals surface area contributed by atoms with Crippen LogP contribution < -0.4 is 0 Å². The van der Waals surface area contributed by atoms with Crippen LogP contribution in [-0.2, 0) is 22.6 Å². The van der Waals surface area contributed by atoms with E-state index in [1.54, 1.807) is 4.90 Å². The van der Waals surface area contributed by atoms with E-state index in [9.17, 15) is 9.90 Å². The Balaban J connectivity index is 2.14. The molecule has 0 radical (unpaired) electrons. The fourth-order valence-electron chi connectivity index (χ4n) is 2.37. The molecule has 0 aromatic heterocycles. The fourth-order valence-corrected chi connectivity index (χ4v) is 2.37. The van der Waals surface area contributed by atoms with E-state index < -0.39 is 6.10 Å². The number of nitrogens with zero attached hydrogens (tertiary/aromatic N) is 1. The molecule has 1 unspecified atom stereocenters. The van der Waals surface area contributed by atoms with Crippen LogP contribution in [0.3, 0.4) is 0 Å². The number of methoxy groups -OCH3 is 1. The van der Waals surface area contributed by atoms with E-state index in [1.807, 2.05) is 32.0 Å². The molecule has 4 heteroatoms. The number of aliphatic hydroxyl groups is 1. The van der Waals surface area contributed by atoms with Crippen molar-refractivity contribution in [2.75, 3.05) is 13.7 Å². The minimum Gasteiger partial charge on any atom is -0.388 e. The highest BCUT2D eigenvalue weighted by Crippen LogP contribution is 2.28. The van der Waals surface area contributed by atoms with Crippen molar-refractivity contribution in [1.29, 1.82) is 0 Å². The van der Waals surface area contributed by atoms with Gasteiger partial charge in [-0.05, 0) is 22.6 Å². The van der Waals surface area contributed by atoms with Gasteiger partial charge in [0.25, 0.3) is 0 Å². The van der Waals surface area contributed by atoms with Crippen LogP contribution in [0.2, 0.25) is 0 Å². The first-order valence-electron chi connectivity index (χ1n) is 6.59. The summed E-state index contributed by atoms with van der Waals surface area (Å²) in [5.41, 5.74) is 3.21. The maximum absolute atomic E-state index is 11.8. The van der Waals surface area contributed by atoms with E-state index in [4.69, 9.17) is 4.74 Å². The lowest BCUT2D eigenvalue weighted by molar-refractivity contribution is -0.135. The first-order chi connectivity index (χ1) is 9.02. The second-order valence-corrected chi connectivity index (χ2v) is 5.40. The standard InChI is InChI=1S/C15H21NO3/c1-10(2)15(18)11-4-5-12-7-16(8-13(12)6-11)14(17)9-19-3/h4-6,10,15,18H,7-9H2,1-3H3. The van der Waals surface area contributed by atoms with Crippen LogP contribution in [0, 0.1) is 5.92 Å². The Hall–Kier alpha value is -1.39. The second kappa shape index (κ2) is 5.72. The van der Waals surface area contributed by atoms with Gasteiger partial charge in [0, 0.05) is 20.2 Å². The number of fused-ring (bicyclic) bond motifs is 1. The molecule has 0 saturated carbocycles. The van der Waals surface area contributed by atoms with E-state index in [0.29, 0.717) is 13.1 Å². The Morgan fingerprint density at radius 1 is 1.37 bits per heavy atom. The van der Waals surface area contributed by atoms with Gasteiger partial charge in [-0.15, -0.1) is 0 Å². The summed E-state index contributed by atoms with van der Waals surface area (Å²) in [6, 6.07) is 5.98. The summed E-state index contributed by atoms with van der Waals surface area (Å²) in [6.07, 6.45) is -0.450. The molecule has 1 amide bonds. The Morgan fingerprint density at radius 3 is 2.68 bits per heavy atom. The molecule has 4 nitrogen and oxygen atoms in total. The molecule has 0 bridgehead atoms. The summed E-state index contributed by atoms with van der Waals surface area (Å²) in [4.78, 5) is 13.6. The number of benzene rings is 1. The highest BCUT2D eigenvalue weighted by Gasteiger charge is 2.24. The molecule has 1 aliphatic rings. The van der Waals surface area contributed by atoms with Gasteiger partial charge in [-0.2, -0.15) is 0 Å². The van der Waals surface area contributed by atoms with Gasteiger partial charge in [0.2, 0.25) is 5.91 Å². The average molecular weight is 263 g/mol. The Labute approximate surface area is 114 Å². The summed E-state index contributed by atoms with van der Waals surface area (Å²) in [5.74, 6) is 0.190. The Bertz CT molecular complexity index is 470. The quantitative estimate of drug-likeness (QED) is 0.902. The van der Waals surface area contributed by atoms with Crippen molar-refractivity contribution in [3.63, 3.8) is 0 Å². The third-order valence-corrected chi connectivity index (χ3v) is 3.55. The summed E-state index contributed by atoms with van der Waals surface area (Å²) in [5, 5.41) is 10.1. The number of rotatable bonds is 4. The van der Waals surface area contributed by atoms with E-state index in [1.165, 1.54) is 7.11 Å². The van der Waals surface area contributed by atoms with Gasteiger partial charge in [-0.3, -0.25) is 4.79 Å². The van der Waals surface area contributed by atoms with Crippen molar-refractivity contribution in [1.82, 2.24) is 4.90 Å². The van der Waals surface area contributed by atoms with Gasteiger partial charge in [0.15, 0.2) is 0 Å². The zero-order chi connectivity index (χ0) is 14.0. The van der Waals surface area contributed by atoms with Crippen LogP contribution in [0.15, 0.2) is 18.2 Å². The van der Waals surface area contributed by atoms with Crippen molar-refractivity contribution in [3.8, 4) is 0 Å². The zero-order valence-corrected chi connectivity index (χ0v) is 11.7. The molecular formula is C15H21NO3. The molecule has 2 rings (SSSR count). The molecule has 0 fully saturated rings. The minimum atomic E-state index is -0.450. The van der Waals surface area contributed by atoms with Crippen molar-refractivity contribution < 1.29 is 14.6 Å². The normalized spacial score (nSPS) is 15.7. The number of hydrogen-bond donors (Lipinski definition) is 1. The molecule has 1 heterocycles. The number of amides is 1. The molecule has 1 N–H and O–H groups in total.